The molecule has 200 valence electrons. The Morgan fingerprint density at radius 1 is 1.03 bits per heavy atom. The number of carbonyl (C=O) groups excluding carboxylic acids is 2. The highest BCUT2D eigenvalue weighted by Crippen LogP contribution is 2.31. The molecular formula is C32H33N3O4. The lowest BCUT2D eigenvalue weighted by Crippen LogP contribution is -2.52. The van der Waals surface area contributed by atoms with Crippen molar-refractivity contribution in [3.05, 3.63) is 94.7 Å². The molecule has 4 aromatic rings. The van der Waals surface area contributed by atoms with Crippen LogP contribution in [0.15, 0.2) is 66.7 Å². The summed E-state index contributed by atoms with van der Waals surface area (Å²) in [6, 6.07) is 21.4. The fraction of sp³-hybridized carbons (Fsp3) is 0.312. The van der Waals surface area contributed by atoms with Crippen LogP contribution in [0.3, 0.4) is 0 Å². The average Bonchev–Trinajstić information content (AvgIpc) is 3.30. The number of hydrogen-bond donors (Lipinski definition) is 2. The van der Waals surface area contributed by atoms with Crippen LogP contribution < -0.4 is 14.8 Å². The van der Waals surface area contributed by atoms with E-state index >= 15 is 0 Å². The number of fused-ring (bicyclic) bond motifs is 6. The van der Waals surface area contributed by atoms with Crippen LogP contribution in [0, 0.1) is 0 Å². The Bertz CT molecular complexity index is 1530. The zero-order valence-electron chi connectivity index (χ0n) is 22.2. The highest BCUT2D eigenvalue weighted by atomic mass is 16.5. The van der Waals surface area contributed by atoms with Crippen molar-refractivity contribution in [2.75, 3.05) is 26.8 Å². The Morgan fingerprint density at radius 2 is 1.87 bits per heavy atom. The number of para-hydroxylation sites is 1. The van der Waals surface area contributed by atoms with E-state index in [1.807, 2.05) is 41.3 Å². The normalized spacial score (nSPS) is 17.8. The maximum atomic E-state index is 13.8. The van der Waals surface area contributed by atoms with E-state index in [0.717, 1.165) is 47.3 Å². The van der Waals surface area contributed by atoms with Gasteiger partial charge in [0.25, 0.3) is 5.91 Å². The molecule has 0 radical (unpaired) electrons. The lowest BCUT2D eigenvalue weighted by molar-refractivity contribution is -0.133. The molecule has 7 heteroatoms. The first-order chi connectivity index (χ1) is 19.1. The van der Waals surface area contributed by atoms with Gasteiger partial charge in [-0.15, -0.1) is 0 Å². The Balaban J connectivity index is 1.31. The molecule has 7 nitrogen and oxygen atoms in total. The molecule has 3 aromatic carbocycles. The molecule has 0 saturated carbocycles. The summed E-state index contributed by atoms with van der Waals surface area (Å²) >= 11 is 0. The monoisotopic (exact) mass is 523 g/mol. The second-order valence-electron chi connectivity index (χ2n) is 10.3. The first-order valence-corrected chi connectivity index (χ1v) is 13.7. The molecule has 2 amide bonds. The number of amides is 2. The fourth-order valence-electron chi connectivity index (χ4n) is 5.80. The molecule has 0 aliphatic carbocycles. The van der Waals surface area contributed by atoms with Crippen molar-refractivity contribution in [2.45, 2.75) is 38.1 Å². The zero-order valence-corrected chi connectivity index (χ0v) is 22.2. The Labute approximate surface area is 228 Å². The molecule has 0 fully saturated rings. The summed E-state index contributed by atoms with van der Waals surface area (Å²) in [6.45, 7) is 1.72. The number of rotatable bonds is 2. The third-order valence-electron chi connectivity index (χ3n) is 7.82. The van der Waals surface area contributed by atoms with Gasteiger partial charge in [0.1, 0.15) is 6.04 Å². The molecule has 3 heterocycles. The predicted octanol–water partition coefficient (Wildman–Crippen LogP) is 4.67. The fourth-order valence-corrected chi connectivity index (χ4v) is 5.80. The van der Waals surface area contributed by atoms with E-state index < -0.39 is 6.04 Å². The van der Waals surface area contributed by atoms with Crippen molar-refractivity contribution in [1.29, 1.82) is 0 Å². The van der Waals surface area contributed by atoms with Crippen molar-refractivity contribution < 1.29 is 19.1 Å². The minimum absolute atomic E-state index is 0.0286. The summed E-state index contributed by atoms with van der Waals surface area (Å²) < 4.78 is 11.7. The molecule has 2 aliphatic heterocycles. The maximum absolute atomic E-state index is 13.8. The predicted molar refractivity (Wildman–Crippen MR) is 151 cm³/mol. The van der Waals surface area contributed by atoms with E-state index in [4.69, 9.17) is 9.47 Å². The zero-order chi connectivity index (χ0) is 26.8. The van der Waals surface area contributed by atoms with Crippen LogP contribution in [0.4, 0.5) is 0 Å². The first-order valence-electron chi connectivity index (χ1n) is 13.7. The Morgan fingerprint density at radius 3 is 2.77 bits per heavy atom. The standard InChI is InChI=1S/C32H33N3O4/c1-38-29-13-12-21-18-27-25(24-10-4-5-11-26(24)33-27)14-16-35(15-6-7-17-39-30(29)19-21)32(37)28-20-22-8-2-3-9-23(22)31(36)34-28/h2-5,8-13,19,28,33H,6-7,14-18,20H2,1H3,(H,34,36). The summed E-state index contributed by atoms with van der Waals surface area (Å²) in [5.41, 5.74) is 6.15. The lowest BCUT2D eigenvalue weighted by Gasteiger charge is -2.31. The average molecular weight is 524 g/mol. The molecule has 1 unspecified atom stereocenters. The Kier molecular flexibility index (Phi) is 6.97. The quantitative estimate of drug-likeness (QED) is 0.400. The summed E-state index contributed by atoms with van der Waals surface area (Å²) in [6.07, 6.45) is 3.55. The minimum Gasteiger partial charge on any atom is -0.493 e. The smallest absolute Gasteiger partial charge is 0.252 e. The first kappa shape index (κ1) is 25.0. The van der Waals surface area contributed by atoms with Gasteiger partial charge in [-0.3, -0.25) is 9.59 Å². The minimum atomic E-state index is -0.561. The van der Waals surface area contributed by atoms with E-state index in [1.165, 1.54) is 10.9 Å². The molecule has 1 aromatic heterocycles. The molecule has 2 N–H and O–H groups in total. The maximum Gasteiger partial charge on any atom is 0.252 e. The van der Waals surface area contributed by atoms with E-state index in [1.54, 1.807) is 7.11 Å². The van der Waals surface area contributed by atoms with Gasteiger partial charge in [0, 0.05) is 48.1 Å². The highest BCUT2D eigenvalue weighted by Gasteiger charge is 2.31. The number of benzene rings is 3. The second-order valence-corrected chi connectivity index (χ2v) is 10.3. The van der Waals surface area contributed by atoms with E-state index in [9.17, 15) is 9.59 Å². The van der Waals surface area contributed by atoms with Gasteiger partial charge in [0.2, 0.25) is 5.91 Å². The van der Waals surface area contributed by atoms with Crippen LogP contribution in [0.5, 0.6) is 11.5 Å². The summed E-state index contributed by atoms with van der Waals surface area (Å²) in [5, 5.41) is 4.14. The van der Waals surface area contributed by atoms with Gasteiger partial charge in [-0.05, 0) is 60.2 Å². The van der Waals surface area contributed by atoms with Crippen LogP contribution in [0.25, 0.3) is 10.9 Å². The summed E-state index contributed by atoms with van der Waals surface area (Å²) in [5.74, 6) is 1.24. The number of nitrogens with zero attached hydrogens (tertiary/aromatic N) is 1. The number of nitrogens with one attached hydrogen (secondary N) is 2. The van der Waals surface area contributed by atoms with Crippen LogP contribution >= 0.6 is 0 Å². The summed E-state index contributed by atoms with van der Waals surface area (Å²) in [4.78, 5) is 32.1. The van der Waals surface area contributed by atoms with Crippen molar-refractivity contribution in [2.24, 2.45) is 0 Å². The van der Waals surface area contributed by atoms with Crippen molar-refractivity contribution in [3.8, 4) is 11.5 Å². The third-order valence-corrected chi connectivity index (χ3v) is 7.82. The number of aromatic amines is 1. The topological polar surface area (TPSA) is 83.7 Å². The number of aromatic nitrogens is 1. The number of H-pyrrole nitrogens is 1. The van der Waals surface area contributed by atoms with Gasteiger partial charge in [-0.25, -0.2) is 0 Å². The molecule has 2 aliphatic rings. The van der Waals surface area contributed by atoms with E-state index in [0.29, 0.717) is 43.9 Å². The number of methoxy groups -OCH3 is 1. The molecular weight excluding hydrogens is 490 g/mol. The van der Waals surface area contributed by atoms with Gasteiger partial charge < -0.3 is 24.7 Å². The van der Waals surface area contributed by atoms with Gasteiger partial charge in [-0.2, -0.15) is 0 Å². The molecule has 6 rings (SSSR count). The summed E-state index contributed by atoms with van der Waals surface area (Å²) in [7, 11) is 1.65. The molecule has 0 saturated heterocycles. The highest BCUT2D eigenvalue weighted by molar-refractivity contribution is 6.00. The SMILES string of the molecule is COc1ccc2cc1OCCCCN(C(=O)C1Cc3ccccc3C(=O)N1)CCc1c([nH]c3ccccc13)C2. The third kappa shape index (κ3) is 5.09. The van der Waals surface area contributed by atoms with Gasteiger partial charge in [0.15, 0.2) is 11.5 Å². The van der Waals surface area contributed by atoms with Gasteiger partial charge in [0.05, 0.1) is 13.7 Å². The molecule has 0 spiro atoms. The Hall–Kier alpha value is -4.26. The van der Waals surface area contributed by atoms with E-state index in [2.05, 4.69) is 40.6 Å². The number of hydrogen-bond acceptors (Lipinski definition) is 4. The lowest BCUT2D eigenvalue weighted by atomic mass is 9.94. The van der Waals surface area contributed by atoms with Gasteiger partial charge >= 0.3 is 0 Å². The van der Waals surface area contributed by atoms with Gasteiger partial charge in [-0.1, -0.05) is 42.5 Å². The van der Waals surface area contributed by atoms with Crippen molar-refractivity contribution >= 4 is 22.7 Å². The largest absolute Gasteiger partial charge is 0.493 e. The van der Waals surface area contributed by atoms with Crippen molar-refractivity contribution in [1.82, 2.24) is 15.2 Å². The van der Waals surface area contributed by atoms with Crippen LogP contribution in [0.2, 0.25) is 0 Å². The van der Waals surface area contributed by atoms with Crippen LogP contribution in [-0.4, -0.2) is 54.5 Å². The molecule has 39 heavy (non-hydrogen) atoms. The number of carbonyl (C=O) groups is 2. The second kappa shape index (κ2) is 10.8. The van der Waals surface area contributed by atoms with Crippen LogP contribution in [-0.2, 0) is 24.1 Å². The van der Waals surface area contributed by atoms with Crippen LogP contribution in [0.1, 0.15) is 45.6 Å². The molecule has 1 atom stereocenters. The number of ether oxygens (including phenoxy) is 2. The van der Waals surface area contributed by atoms with Crippen molar-refractivity contribution in [3.63, 3.8) is 0 Å². The van der Waals surface area contributed by atoms with E-state index in [-0.39, 0.29) is 11.8 Å². The molecule has 2 bridgehead atoms.